The van der Waals surface area contributed by atoms with Gasteiger partial charge in [-0.3, -0.25) is 4.79 Å². The van der Waals surface area contributed by atoms with Crippen molar-refractivity contribution in [2.75, 3.05) is 24.5 Å². The number of hydrogen-bond acceptors (Lipinski definition) is 5. The molecule has 2 aliphatic rings. The smallest absolute Gasteiger partial charge is 0.254 e. The maximum absolute atomic E-state index is 13.2. The monoisotopic (exact) mass is 372 g/mol. The lowest BCUT2D eigenvalue weighted by atomic mass is 10.0. The molecule has 0 unspecified atom stereocenters. The molecule has 0 bridgehead atoms. The Bertz CT molecular complexity index is 1080. The lowest BCUT2D eigenvalue weighted by Gasteiger charge is -2.43. The van der Waals surface area contributed by atoms with E-state index in [9.17, 15) is 4.79 Å². The fraction of sp³-hybridized carbons (Fsp3) is 0.333. The molecule has 1 N–H and O–H groups in total. The number of aromatic nitrogens is 3. The molecule has 7 heteroatoms. The molecule has 2 fully saturated rings. The van der Waals surface area contributed by atoms with Crippen molar-refractivity contribution in [2.45, 2.75) is 24.8 Å². The summed E-state index contributed by atoms with van der Waals surface area (Å²) in [6, 6.07) is 11.6. The summed E-state index contributed by atoms with van der Waals surface area (Å²) in [7, 11) is 0. The maximum Gasteiger partial charge on any atom is 0.254 e. The third kappa shape index (κ3) is 2.69. The Kier molecular flexibility index (Phi) is 3.79. The second-order valence-corrected chi connectivity index (χ2v) is 7.57. The van der Waals surface area contributed by atoms with Crippen molar-refractivity contribution in [1.82, 2.24) is 19.9 Å². The van der Waals surface area contributed by atoms with Gasteiger partial charge in [0.15, 0.2) is 0 Å². The predicted octanol–water partition coefficient (Wildman–Crippen LogP) is 2.52. The van der Waals surface area contributed by atoms with Gasteiger partial charge in [-0.2, -0.15) is 5.26 Å². The number of carbonyl (C=O) groups excluding carboxylic acids is 1. The third-order valence-electron chi connectivity index (χ3n) is 5.84. The summed E-state index contributed by atoms with van der Waals surface area (Å²) in [4.78, 5) is 29.4. The van der Waals surface area contributed by atoms with E-state index in [4.69, 9.17) is 5.26 Å². The zero-order valence-electron chi connectivity index (χ0n) is 15.4. The quantitative estimate of drug-likeness (QED) is 0.763. The van der Waals surface area contributed by atoms with Crippen molar-refractivity contribution in [3.05, 3.63) is 54.0 Å². The van der Waals surface area contributed by atoms with Crippen LogP contribution in [0.5, 0.6) is 0 Å². The molecule has 140 valence electrons. The van der Waals surface area contributed by atoms with Crippen LogP contribution < -0.4 is 4.90 Å². The average Bonchev–Trinajstić information content (AvgIpc) is 3.30. The van der Waals surface area contributed by atoms with Crippen molar-refractivity contribution in [3.8, 4) is 6.07 Å². The summed E-state index contributed by atoms with van der Waals surface area (Å²) in [5.74, 6) is 1.01. The molecule has 0 atom stereocenters. The summed E-state index contributed by atoms with van der Waals surface area (Å²) in [5.41, 5.74) is 2.36. The number of nitriles is 1. The van der Waals surface area contributed by atoms with Gasteiger partial charge >= 0.3 is 0 Å². The van der Waals surface area contributed by atoms with E-state index >= 15 is 0 Å². The number of fused-ring (bicyclic) bond motifs is 1. The van der Waals surface area contributed by atoms with Crippen LogP contribution in [0.15, 0.2) is 42.9 Å². The summed E-state index contributed by atoms with van der Waals surface area (Å²) in [5, 5.41) is 9.83. The highest BCUT2D eigenvalue weighted by atomic mass is 16.2. The Labute approximate surface area is 162 Å². The first-order valence-corrected chi connectivity index (χ1v) is 9.51. The van der Waals surface area contributed by atoms with Crippen LogP contribution in [0.1, 0.15) is 28.8 Å². The van der Waals surface area contributed by atoms with Gasteiger partial charge in [0, 0.05) is 31.4 Å². The van der Waals surface area contributed by atoms with Gasteiger partial charge in [-0.05, 0) is 36.6 Å². The minimum atomic E-state index is -0.103. The molecule has 5 rings (SSSR count). The van der Waals surface area contributed by atoms with E-state index in [-0.39, 0.29) is 11.4 Å². The number of aromatic amines is 1. The van der Waals surface area contributed by atoms with Crippen LogP contribution in [0.25, 0.3) is 11.0 Å². The molecule has 3 aromatic rings. The number of piperazine rings is 1. The topological polar surface area (TPSA) is 88.9 Å². The van der Waals surface area contributed by atoms with Crippen LogP contribution in [0.4, 0.5) is 5.82 Å². The highest BCUT2D eigenvalue weighted by molar-refractivity contribution is 5.95. The molecule has 3 heterocycles. The van der Waals surface area contributed by atoms with Gasteiger partial charge in [0.25, 0.3) is 5.91 Å². The Hall–Kier alpha value is -3.40. The second-order valence-electron chi connectivity index (χ2n) is 7.57. The number of hydrogen-bond donors (Lipinski definition) is 1. The van der Waals surface area contributed by atoms with E-state index in [1.54, 1.807) is 6.33 Å². The minimum Gasteiger partial charge on any atom is -0.352 e. The maximum atomic E-state index is 13.2. The molecule has 1 amide bonds. The Morgan fingerprint density at radius 2 is 2.00 bits per heavy atom. The molecule has 1 aliphatic carbocycles. The zero-order valence-corrected chi connectivity index (χ0v) is 15.4. The van der Waals surface area contributed by atoms with Crippen LogP contribution in [0.3, 0.4) is 0 Å². The summed E-state index contributed by atoms with van der Waals surface area (Å²) in [6.07, 6.45) is 5.87. The number of benzene rings is 1. The van der Waals surface area contributed by atoms with Crippen molar-refractivity contribution in [1.29, 1.82) is 5.26 Å². The molecule has 1 aliphatic heterocycles. The fourth-order valence-electron chi connectivity index (χ4n) is 4.17. The van der Waals surface area contributed by atoms with Gasteiger partial charge in [0.2, 0.25) is 0 Å². The van der Waals surface area contributed by atoms with Gasteiger partial charge in [-0.25, -0.2) is 9.97 Å². The van der Waals surface area contributed by atoms with E-state index in [1.807, 2.05) is 41.4 Å². The van der Waals surface area contributed by atoms with Crippen LogP contribution in [-0.4, -0.2) is 50.9 Å². The Balaban J connectivity index is 1.37. The Morgan fingerprint density at radius 1 is 1.18 bits per heavy atom. The fourth-order valence-corrected chi connectivity index (χ4v) is 4.17. The number of nitrogens with one attached hydrogen (secondary N) is 1. The molecule has 1 saturated heterocycles. The number of H-pyrrole nitrogens is 1. The average molecular weight is 372 g/mol. The first-order chi connectivity index (χ1) is 13.7. The highest BCUT2D eigenvalue weighted by Gasteiger charge is 2.53. The number of amides is 1. The minimum absolute atomic E-state index is 0.0788. The van der Waals surface area contributed by atoms with Crippen molar-refractivity contribution in [3.63, 3.8) is 0 Å². The molecule has 0 radical (unpaired) electrons. The van der Waals surface area contributed by atoms with E-state index in [0.717, 1.165) is 48.3 Å². The molecule has 1 spiro atoms. The number of anilines is 1. The predicted molar refractivity (Wildman–Crippen MR) is 105 cm³/mol. The van der Waals surface area contributed by atoms with Crippen LogP contribution in [-0.2, 0) is 6.42 Å². The molecular formula is C21H20N6O. The molecule has 28 heavy (non-hydrogen) atoms. The summed E-state index contributed by atoms with van der Waals surface area (Å²) in [6.45, 7) is 2.22. The van der Waals surface area contributed by atoms with Gasteiger partial charge in [0.05, 0.1) is 23.4 Å². The van der Waals surface area contributed by atoms with Gasteiger partial charge in [0.1, 0.15) is 17.8 Å². The number of nitrogens with zero attached hydrogens (tertiary/aromatic N) is 5. The Morgan fingerprint density at radius 3 is 2.75 bits per heavy atom. The van der Waals surface area contributed by atoms with Gasteiger partial charge < -0.3 is 14.8 Å². The summed E-state index contributed by atoms with van der Waals surface area (Å²) >= 11 is 0. The van der Waals surface area contributed by atoms with Crippen LogP contribution >= 0.6 is 0 Å². The van der Waals surface area contributed by atoms with E-state index in [0.29, 0.717) is 18.5 Å². The van der Waals surface area contributed by atoms with Crippen LogP contribution in [0.2, 0.25) is 0 Å². The van der Waals surface area contributed by atoms with Gasteiger partial charge in [-0.1, -0.05) is 12.1 Å². The van der Waals surface area contributed by atoms with E-state index in [1.165, 1.54) is 0 Å². The number of carbonyl (C=O) groups is 1. The van der Waals surface area contributed by atoms with Crippen molar-refractivity contribution in [2.24, 2.45) is 0 Å². The second kappa shape index (κ2) is 6.34. The lowest BCUT2D eigenvalue weighted by molar-refractivity contribution is 0.0624. The van der Waals surface area contributed by atoms with Crippen molar-refractivity contribution >= 4 is 22.8 Å². The molecule has 1 aromatic carbocycles. The normalized spacial score (nSPS) is 17.7. The molecule has 2 aromatic heterocycles. The van der Waals surface area contributed by atoms with E-state index in [2.05, 4.69) is 25.9 Å². The standard InChI is InChI=1S/C21H20N6O/c22-9-5-15-1-3-16(4-2-15)20(28)27-12-11-26(13-21(27)7-8-21)19-17-6-10-23-18(17)24-14-25-19/h1-4,6,10,14H,5,7-8,11-13H2,(H,23,24,25). The first kappa shape index (κ1) is 16.8. The lowest BCUT2D eigenvalue weighted by Crippen LogP contribution is -2.57. The van der Waals surface area contributed by atoms with Crippen molar-refractivity contribution < 1.29 is 4.79 Å². The first-order valence-electron chi connectivity index (χ1n) is 9.51. The SMILES string of the molecule is N#CCc1ccc(C(=O)N2CCN(c3ncnc4[nH]ccc34)CC23CC3)cc1. The third-order valence-corrected chi connectivity index (χ3v) is 5.84. The zero-order chi connectivity index (χ0) is 19.1. The number of rotatable bonds is 3. The largest absolute Gasteiger partial charge is 0.352 e. The molecular weight excluding hydrogens is 352 g/mol. The summed E-state index contributed by atoms with van der Waals surface area (Å²) < 4.78 is 0. The van der Waals surface area contributed by atoms with E-state index < -0.39 is 0 Å². The highest BCUT2D eigenvalue weighted by Crippen LogP contribution is 2.46. The van der Waals surface area contributed by atoms with Crippen LogP contribution in [0, 0.1) is 11.3 Å². The molecule has 7 nitrogen and oxygen atoms in total. The van der Waals surface area contributed by atoms with Gasteiger partial charge in [-0.15, -0.1) is 0 Å². The molecule has 1 saturated carbocycles.